The zero-order valence-electron chi connectivity index (χ0n) is 14.3. The molecular weight excluding hydrogens is 346 g/mol. The van der Waals surface area contributed by atoms with Crippen LogP contribution in [0, 0.1) is 0 Å². The Labute approximate surface area is 152 Å². The number of methoxy groups -OCH3 is 1. The quantitative estimate of drug-likeness (QED) is 0.718. The molecule has 7 nitrogen and oxygen atoms in total. The average Bonchev–Trinajstić information content (AvgIpc) is 3.08. The number of hydrogen-bond acceptors (Lipinski definition) is 5. The molecule has 3 aromatic rings. The van der Waals surface area contributed by atoms with E-state index in [9.17, 15) is 14.7 Å². The normalized spacial score (nSPS) is 13.7. The first-order valence-corrected chi connectivity index (χ1v) is 8.17. The van der Waals surface area contributed by atoms with Crippen molar-refractivity contribution in [2.75, 3.05) is 7.11 Å². The van der Waals surface area contributed by atoms with E-state index >= 15 is 0 Å². The van der Waals surface area contributed by atoms with Crippen LogP contribution in [0.2, 0.25) is 0 Å². The largest absolute Gasteiger partial charge is 0.497 e. The number of rotatable bonds is 3. The van der Waals surface area contributed by atoms with Crippen molar-refractivity contribution < 1.29 is 9.84 Å². The SMILES string of the molecule is COc1cccc(-n2c(O)c(/C=C3/C=c4ccccc4=N3)c(=O)[nH]c2=O)c1. The molecule has 0 aliphatic carbocycles. The Morgan fingerprint density at radius 1 is 1.15 bits per heavy atom. The Bertz CT molecular complexity index is 1280. The molecule has 4 rings (SSSR count). The summed E-state index contributed by atoms with van der Waals surface area (Å²) in [4.78, 5) is 31.2. The molecule has 0 bridgehead atoms. The third-order valence-corrected chi connectivity index (χ3v) is 4.21. The molecule has 2 aromatic carbocycles. The minimum absolute atomic E-state index is 0.0553. The first-order chi connectivity index (χ1) is 13.1. The number of ether oxygens (including phenoxy) is 1. The number of aromatic hydroxyl groups is 1. The summed E-state index contributed by atoms with van der Waals surface area (Å²) in [6, 6.07) is 14.1. The van der Waals surface area contributed by atoms with Gasteiger partial charge in [-0.25, -0.2) is 14.4 Å². The number of nitrogens with zero attached hydrogens (tertiary/aromatic N) is 2. The fourth-order valence-corrected chi connectivity index (χ4v) is 2.92. The summed E-state index contributed by atoms with van der Waals surface area (Å²) < 4.78 is 6.16. The van der Waals surface area contributed by atoms with E-state index in [4.69, 9.17) is 4.74 Å². The maximum absolute atomic E-state index is 12.3. The molecule has 2 heterocycles. The van der Waals surface area contributed by atoms with Crippen molar-refractivity contribution in [3.05, 3.63) is 91.2 Å². The van der Waals surface area contributed by atoms with Gasteiger partial charge in [0, 0.05) is 11.3 Å². The number of fused-ring (bicyclic) bond motifs is 1. The van der Waals surface area contributed by atoms with Gasteiger partial charge in [0.2, 0.25) is 5.88 Å². The first-order valence-electron chi connectivity index (χ1n) is 8.17. The molecular formula is C20H15N3O4. The lowest BCUT2D eigenvalue weighted by Crippen LogP contribution is -2.30. The van der Waals surface area contributed by atoms with Crippen LogP contribution >= 0.6 is 0 Å². The zero-order valence-corrected chi connectivity index (χ0v) is 14.3. The van der Waals surface area contributed by atoms with E-state index in [2.05, 4.69) is 9.98 Å². The summed E-state index contributed by atoms with van der Waals surface area (Å²) in [6.45, 7) is 0. The van der Waals surface area contributed by atoms with Crippen molar-refractivity contribution in [2.24, 2.45) is 4.99 Å². The van der Waals surface area contributed by atoms with Crippen LogP contribution < -0.4 is 26.6 Å². The second-order valence-electron chi connectivity index (χ2n) is 5.92. The Kier molecular flexibility index (Phi) is 3.97. The van der Waals surface area contributed by atoms with Crippen LogP contribution in [0.4, 0.5) is 0 Å². The molecule has 1 aromatic heterocycles. The van der Waals surface area contributed by atoms with E-state index in [1.165, 1.54) is 13.2 Å². The predicted octanol–water partition coefficient (Wildman–Crippen LogP) is 0.695. The number of aromatic amines is 1. The highest BCUT2D eigenvalue weighted by atomic mass is 16.5. The summed E-state index contributed by atoms with van der Waals surface area (Å²) in [5.74, 6) is 0.0449. The molecule has 0 unspecified atom stereocenters. The van der Waals surface area contributed by atoms with Crippen LogP contribution in [-0.2, 0) is 0 Å². The number of aromatic nitrogens is 2. The number of nitrogens with one attached hydrogen (secondary N) is 1. The van der Waals surface area contributed by atoms with Gasteiger partial charge in [-0.05, 0) is 30.4 Å². The predicted molar refractivity (Wildman–Crippen MR) is 101 cm³/mol. The standard InChI is InChI=1S/C20H15N3O4/c1-27-15-7-4-6-14(11-15)23-19(25)16(18(24)22-20(23)26)10-13-9-12-5-2-3-8-17(12)21-13/h2-11,25H,1H3,(H,22,24,26)/b13-10-. The van der Waals surface area contributed by atoms with Gasteiger partial charge in [-0.3, -0.25) is 9.78 Å². The second-order valence-corrected chi connectivity index (χ2v) is 5.92. The van der Waals surface area contributed by atoms with Crippen LogP contribution in [-0.4, -0.2) is 21.8 Å². The van der Waals surface area contributed by atoms with Crippen molar-refractivity contribution in [2.45, 2.75) is 0 Å². The lowest BCUT2D eigenvalue weighted by Gasteiger charge is -2.11. The molecule has 0 radical (unpaired) electrons. The molecule has 0 spiro atoms. The number of H-pyrrole nitrogens is 1. The summed E-state index contributed by atoms with van der Waals surface area (Å²) in [5.41, 5.74) is -0.622. The van der Waals surface area contributed by atoms with Crippen LogP contribution in [0.5, 0.6) is 11.6 Å². The van der Waals surface area contributed by atoms with E-state index in [-0.39, 0.29) is 5.56 Å². The monoisotopic (exact) mass is 361 g/mol. The molecule has 1 aliphatic heterocycles. The zero-order chi connectivity index (χ0) is 19.0. The maximum atomic E-state index is 12.3. The number of allylic oxidation sites excluding steroid dienone is 1. The van der Waals surface area contributed by atoms with Crippen LogP contribution in [0.1, 0.15) is 5.56 Å². The van der Waals surface area contributed by atoms with Crippen LogP contribution in [0.25, 0.3) is 17.8 Å². The Morgan fingerprint density at radius 3 is 2.74 bits per heavy atom. The molecule has 0 saturated heterocycles. The summed E-state index contributed by atoms with van der Waals surface area (Å²) >= 11 is 0. The summed E-state index contributed by atoms with van der Waals surface area (Å²) in [7, 11) is 1.50. The van der Waals surface area contributed by atoms with Crippen molar-refractivity contribution in [3.8, 4) is 17.3 Å². The molecule has 0 saturated carbocycles. The van der Waals surface area contributed by atoms with Crippen molar-refractivity contribution in [3.63, 3.8) is 0 Å². The third-order valence-electron chi connectivity index (χ3n) is 4.21. The average molecular weight is 361 g/mol. The number of benzene rings is 2. The molecule has 1 aliphatic rings. The second kappa shape index (κ2) is 6.45. The summed E-state index contributed by atoms with van der Waals surface area (Å²) in [6.07, 6.45) is 3.25. The lowest BCUT2D eigenvalue weighted by atomic mass is 10.2. The van der Waals surface area contributed by atoms with E-state index in [0.717, 1.165) is 15.1 Å². The highest BCUT2D eigenvalue weighted by molar-refractivity contribution is 5.67. The maximum Gasteiger partial charge on any atom is 0.335 e. The van der Waals surface area contributed by atoms with E-state index in [0.29, 0.717) is 17.1 Å². The molecule has 0 atom stereocenters. The van der Waals surface area contributed by atoms with Gasteiger partial charge in [0.1, 0.15) is 11.3 Å². The molecule has 134 valence electrons. The van der Waals surface area contributed by atoms with Gasteiger partial charge >= 0.3 is 5.69 Å². The Morgan fingerprint density at radius 2 is 1.96 bits per heavy atom. The third kappa shape index (κ3) is 2.95. The van der Waals surface area contributed by atoms with E-state index in [1.807, 2.05) is 24.3 Å². The smallest absolute Gasteiger partial charge is 0.335 e. The molecule has 0 fully saturated rings. The van der Waals surface area contributed by atoms with Crippen molar-refractivity contribution >= 4 is 12.2 Å². The fourth-order valence-electron chi connectivity index (χ4n) is 2.92. The van der Waals surface area contributed by atoms with Crippen molar-refractivity contribution in [1.82, 2.24) is 9.55 Å². The van der Waals surface area contributed by atoms with Gasteiger partial charge in [-0.1, -0.05) is 24.3 Å². The first kappa shape index (κ1) is 16.6. The molecule has 2 N–H and O–H groups in total. The van der Waals surface area contributed by atoms with Gasteiger partial charge < -0.3 is 9.84 Å². The van der Waals surface area contributed by atoms with Gasteiger partial charge in [0.15, 0.2) is 0 Å². The van der Waals surface area contributed by atoms with Crippen LogP contribution in [0.3, 0.4) is 0 Å². The minimum Gasteiger partial charge on any atom is -0.497 e. The van der Waals surface area contributed by atoms with E-state index in [1.54, 1.807) is 30.3 Å². The minimum atomic E-state index is -0.747. The Hall–Kier alpha value is -3.87. The fraction of sp³-hybridized carbons (Fsp3) is 0.0500. The Balaban J connectivity index is 1.91. The lowest BCUT2D eigenvalue weighted by molar-refractivity contribution is 0.412. The van der Waals surface area contributed by atoms with E-state index < -0.39 is 17.1 Å². The number of para-hydroxylation sites is 1. The van der Waals surface area contributed by atoms with Crippen LogP contribution in [0.15, 0.2) is 68.8 Å². The molecule has 7 heteroatoms. The van der Waals surface area contributed by atoms with Gasteiger partial charge in [-0.15, -0.1) is 0 Å². The highest BCUT2D eigenvalue weighted by Crippen LogP contribution is 2.22. The van der Waals surface area contributed by atoms with Crippen molar-refractivity contribution in [1.29, 1.82) is 0 Å². The number of hydrogen-bond donors (Lipinski definition) is 2. The van der Waals surface area contributed by atoms with Gasteiger partial charge in [-0.2, -0.15) is 0 Å². The van der Waals surface area contributed by atoms with Gasteiger partial charge in [0.05, 0.1) is 23.9 Å². The highest BCUT2D eigenvalue weighted by Gasteiger charge is 2.15. The topological polar surface area (TPSA) is 96.7 Å². The molecule has 0 amide bonds. The molecule has 27 heavy (non-hydrogen) atoms. The summed E-state index contributed by atoms with van der Waals surface area (Å²) in [5, 5.41) is 12.3. The van der Waals surface area contributed by atoms with Gasteiger partial charge in [0.25, 0.3) is 5.56 Å².